The van der Waals surface area contributed by atoms with Crippen LogP contribution in [0.2, 0.25) is 0 Å². The second kappa shape index (κ2) is 4.61. The zero-order chi connectivity index (χ0) is 9.61. The third-order valence-corrected chi connectivity index (χ3v) is 1.39. The molecule has 0 aliphatic heterocycles. The van der Waals surface area contributed by atoms with Crippen molar-refractivity contribution in [2.75, 3.05) is 0 Å². The molecule has 0 fully saturated rings. The number of carbonyl (C=O) groups is 1. The Hall–Kier alpha value is -1.23. The maximum atomic E-state index is 11.1. The quantitative estimate of drug-likeness (QED) is 0.496. The Kier molecular flexibility index (Phi) is 4.14. The topological polar surface area (TPSA) is 29.1 Å². The minimum atomic E-state index is -0.543. The molecule has 0 radical (unpaired) electrons. The molecule has 0 bridgehead atoms. The van der Waals surface area contributed by atoms with Gasteiger partial charge >= 0.3 is 0 Å². The molecule has 0 aromatic rings. The van der Waals surface area contributed by atoms with Gasteiger partial charge in [-0.25, -0.2) is 0 Å². The number of terminal acetylenes is 1. The van der Waals surface area contributed by atoms with Crippen LogP contribution in [0, 0.1) is 12.3 Å². The predicted molar refractivity (Wildman–Crippen MR) is 50.5 cm³/mol. The molecule has 0 aliphatic rings. The van der Waals surface area contributed by atoms with Crippen molar-refractivity contribution in [1.29, 1.82) is 0 Å². The summed E-state index contributed by atoms with van der Waals surface area (Å²) in [6.07, 6.45) is 8.05. The Bertz CT molecular complexity index is 210. The van der Waals surface area contributed by atoms with E-state index < -0.39 is 5.54 Å². The number of hydrogen-bond donors (Lipinski definition) is 1. The summed E-state index contributed by atoms with van der Waals surface area (Å²) in [5.74, 6) is 2.46. The van der Waals surface area contributed by atoms with Crippen molar-refractivity contribution in [1.82, 2.24) is 5.32 Å². The van der Waals surface area contributed by atoms with E-state index in [9.17, 15) is 4.79 Å². The van der Waals surface area contributed by atoms with Gasteiger partial charge in [-0.2, -0.15) is 0 Å². The summed E-state index contributed by atoms with van der Waals surface area (Å²) in [5, 5.41) is 2.72. The largest absolute Gasteiger partial charge is 0.340 e. The van der Waals surface area contributed by atoms with Crippen LogP contribution in [0.3, 0.4) is 0 Å². The van der Waals surface area contributed by atoms with E-state index >= 15 is 0 Å². The van der Waals surface area contributed by atoms with E-state index in [0.29, 0.717) is 12.8 Å². The molecule has 2 nitrogen and oxygen atoms in total. The zero-order valence-electron chi connectivity index (χ0n) is 7.68. The minimum Gasteiger partial charge on any atom is -0.340 e. The molecular formula is C10H15NO. The van der Waals surface area contributed by atoms with Crippen molar-refractivity contribution in [3.63, 3.8) is 0 Å². The number of amides is 1. The van der Waals surface area contributed by atoms with Crippen molar-refractivity contribution >= 4 is 5.91 Å². The van der Waals surface area contributed by atoms with Gasteiger partial charge in [0.1, 0.15) is 0 Å². The third-order valence-electron chi connectivity index (χ3n) is 1.39. The summed E-state index contributed by atoms with van der Waals surface area (Å²) >= 11 is 0. The molecule has 0 saturated heterocycles. The summed E-state index contributed by atoms with van der Waals surface area (Å²) in [7, 11) is 0. The van der Waals surface area contributed by atoms with Gasteiger partial charge < -0.3 is 5.32 Å². The average Bonchev–Trinajstić information content (AvgIpc) is 2.00. The van der Waals surface area contributed by atoms with Crippen molar-refractivity contribution in [2.24, 2.45) is 0 Å². The maximum absolute atomic E-state index is 11.1. The highest BCUT2D eigenvalue weighted by molar-refractivity contribution is 5.77. The molecule has 0 spiro atoms. The van der Waals surface area contributed by atoms with Crippen LogP contribution < -0.4 is 5.32 Å². The van der Waals surface area contributed by atoms with E-state index in [0.717, 1.165) is 0 Å². The van der Waals surface area contributed by atoms with Gasteiger partial charge in [0.2, 0.25) is 5.91 Å². The minimum absolute atomic E-state index is 0.0298. The number of carbonyl (C=O) groups excluding carboxylic acids is 1. The van der Waals surface area contributed by atoms with Gasteiger partial charge in [0, 0.05) is 6.42 Å². The molecule has 0 aliphatic carbocycles. The van der Waals surface area contributed by atoms with Gasteiger partial charge in [-0.3, -0.25) is 4.79 Å². The molecule has 66 valence electrons. The molecule has 0 aromatic heterocycles. The SMILES string of the molecule is C#CC(C)(C)NC(=O)CCC=C. The van der Waals surface area contributed by atoms with Gasteiger partial charge in [0.25, 0.3) is 0 Å². The second-order valence-electron chi connectivity index (χ2n) is 3.14. The number of rotatable bonds is 4. The van der Waals surface area contributed by atoms with Crippen molar-refractivity contribution in [3.8, 4) is 12.3 Å². The van der Waals surface area contributed by atoms with Crippen LogP contribution in [-0.4, -0.2) is 11.4 Å². The first-order valence-corrected chi connectivity index (χ1v) is 3.91. The highest BCUT2D eigenvalue weighted by Crippen LogP contribution is 2.00. The monoisotopic (exact) mass is 165 g/mol. The Labute approximate surface area is 74.0 Å². The maximum Gasteiger partial charge on any atom is 0.221 e. The second-order valence-corrected chi connectivity index (χ2v) is 3.14. The van der Waals surface area contributed by atoms with Crippen molar-refractivity contribution in [3.05, 3.63) is 12.7 Å². The van der Waals surface area contributed by atoms with Crippen LogP contribution in [0.15, 0.2) is 12.7 Å². The fourth-order valence-corrected chi connectivity index (χ4v) is 0.680. The van der Waals surface area contributed by atoms with Crippen molar-refractivity contribution < 1.29 is 4.79 Å². The summed E-state index contributed by atoms with van der Waals surface area (Å²) in [6.45, 7) is 7.11. The number of hydrogen-bond acceptors (Lipinski definition) is 1. The summed E-state index contributed by atoms with van der Waals surface area (Å²) < 4.78 is 0. The lowest BCUT2D eigenvalue weighted by atomic mass is 10.1. The Balaban J connectivity index is 3.86. The van der Waals surface area contributed by atoms with Crippen LogP contribution in [0.1, 0.15) is 26.7 Å². The van der Waals surface area contributed by atoms with Crippen LogP contribution in [-0.2, 0) is 4.79 Å². The molecule has 0 aromatic carbocycles. The standard InChI is InChI=1S/C10H15NO/c1-5-7-8-9(12)11-10(3,4)6-2/h2,5H,1,7-8H2,3-4H3,(H,11,12). The Morgan fingerprint density at radius 2 is 2.33 bits per heavy atom. The number of allylic oxidation sites excluding steroid dienone is 1. The smallest absolute Gasteiger partial charge is 0.221 e. The molecule has 0 heterocycles. The molecule has 12 heavy (non-hydrogen) atoms. The highest BCUT2D eigenvalue weighted by Gasteiger charge is 2.15. The van der Waals surface area contributed by atoms with E-state index in [-0.39, 0.29) is 5.91 Å². The van der Waals surface area contributed by atoms with Crippen LogP contribution in [0.5, 0.6) is 0 Å². The Morgan fingerprint density at radius 3 is 2.75 bits per heavy atom. The molecule has 0 saturated carbocycles. The average molecular weight is 165 g/mol. The molecule has 1 amide bonds. The van der Waals surface area contributed by atoms with Gasteiger partial charge in [-0.15, -0.1) is 13.0 Å². The highest BCUT2D eigenvalue weighted by atomic mass is 16.1. The molecule has 0 rings (SSSR count). The predicted octanol–water partition coefficient (Wildman–Crippen LogP) is 1.48. The molecule has 1 N–H and O–H groups in total. The molecule has 0 atom stereocenters. The first kappa shape index (κ1) is 10.8. The van der Waals surface area contributed by atoms with Gasteiger partial charge in [0.05, 0.1) is 5.54 Å². The van der Waals surface area contributed by atoms with Crippen LogP contribution in [0.25, 0.3) is 0 Å². The normalized spacial score (nSPS) is 10.1. The van der Waals surface area contributed by atoms with E-state index in [2.05, 4.69) is 17.8 Å². The van der Waals surface area contributed by atoms with Crippen molar-refractivity contribution in [2.45, 2.75) is 32.2 Å². The molecular weight excluding hydrogens is 150 g/mol. The lowest BCUT2D eigenvalue weighted by molar-refractivity contribution is -0.122. The number of nitrogens with one attached hydrogen (secondary N) is 1. The summed E-state index contributed by atoms with van der Waals surface area (Å²) in [6, 6.07) is 0. The fourth-order valence-electron chi connectivity index (χ4n) is 0.680. The summed E-state index contributed by atoms with van der Waals surface area (Å²) in [4.78, 5) is 11.1. The fraction of sp³-hybridized carbons (Fsp3) is 0.500. The van der Waals surface area contributed by atoms with E-state index in [1.54, 1.807) is 19.9 Å². The van der Waals surface area contributed by atoms with Gasteiger partial charge in [0.15, 0.2) is 0 Å². The lowest BCUT2D eigenvalue weighted by Crippen LogP contribution is -2.41. The zero-order valence-corrected chi connectivity index (χ0v) is 7.68. The van der Waals surface area contributed by atoms with Gasteiger partial charge in [-0.05, 0) is 20.3 Å². The third kappa shape index (κ3) is 4.56. The van der Waals surface area contributed by atoms with E-state index in [1.807, 2.05) is 0 Å². The molecule has 2 heteroatoms. The van der Waals surface area contributed by atoms with Gasteiger partial charge in [-0.1, -0.05) is 12.0 Å². The summed E-state index contributed by atoms with van der Waals surface area (Å²) in [5.41, 5.74) is -0.543. The lowest BCUT2D eigenvalue weighted by Gasteiger charge is -2.19. The van der Waals surface area contributed by atoms with E-state index in [4.69, 9.17) is 6.42 Å². The van der Waals surface area contributed by atoms with Crippen LogP contribution in [0.4, 0.5) is 0 Å². The first-order chi connectivity index (χ1) is 5.52. The van der Waals surface area contributed by atoms with Crippen LogP contribution >= 0.6 is 0 Å². The first-order valence-electron chi connectivity index (χ1n) is 3.91. The molecule has 0 unspecified atom stereocenters. The Morgan fingerprint density at radius 1 is 1.75 bits per heavy atom. The van der Waals surface area contributed by atoms with E-state index in [1.165, 1.54) is 0 Å².